The highest BCUT2D eigenvalue weighted by molar-refractivity contribution is 5.35. The average Bonchev–Trinajstić information content (AvgIpc) is 2.48. The molecular formula is C17H28N2O. The number of piperidine rings is 1. The molecule has 0 amide bonds. The maximum Gasteiger partial charge on any atom is 0.119 e. The van der Waals surface area contributed by atoms with Gasteiger partial charge in [-0.3, -0.25) is 4.90 Å². The van der Waals surface area contributed by atoms with Gasteiger partial charge in [0, 0.05) is 13.1 Å². The van der Waals surface area contributed by atoms with Crippen molar-refractivity contribution < 1.29 is 4.74 Å². The smallest absolute Gasteiger partial charge is 0.119 e. The molecule has 1 aliphatic heterocycles. The minimum atomic E-state index is 0.803. The van der Waals surface area contributed by atoms with Gasteiger partial charge in [0.05, 0.1) is 7.11 Å². The van der Waals surface area contributed by atoms with Crippen LogP contribution in [0, 0.1) is 5.92 Å². The summed E-state index contributed by atoms with van der Waals surface area (Å²) in [5, 5.41) is 3.32. The lowest BCUT2D eigenvalue weighted by molar-refractivity contribution is 0.166. The second kappa shape index (κ2) is 7.65. The molecule has 1 N–H and O–H groups in total. The van der Waals surface area contributed by atoms with Crippen LogP contribution in [-0.4, -0.2) is 38.7 Å². The molecule has 3 heteroatoms. The Morgan fingerprint density at radius 2 is 2.20 bits per heavy atom. The van der Waals surface area contributed by atoms with Crippen molar-refractivity contribution in [1.82, 2.24) is 10.2 Å². The highest BCUT2D eigenvalue weighted by atomic mass is 16.5. The molecule has 0 radical (unpaired) electrons. The number of hydrogen-bond acceptors (Lipinski definition) is 3. The van der Waals surface area contributed by atoms with Crippen molar-refractivity contribution in [1.29, 1.82) is 0 Å². The van der Waals surface area contributed by atoms with E-state index in [1.54, 1.807) is 7.11 Å². The summed E-state index contributed by atoms with van der Waals surface area (Å²) in [7, 11) is 3.79. The summed E-state index contributed by atoms with van der Waals surface area (Å²) in [6.07, 6.45) is 3.75. The number of rotatable bonds is 6. The first-order valence-corrected chi connectivity index (χ1v) is 7.79. The minimum Gasteiger partial charge on any atom is -0.497 e. The molecular weight excluding hydrogens is 248 g/mol. The van der Waals surface area contributed by atoms with E-state index < -0.39 is 0 Å². The second-order valence-corrected chi connectivity index (χ2v) is 5.79. The summed E-state index contributed by atoms with van der Waals surface area (Å²) >= 11 is 0. The van der Waals surface area contributed by atoms with Crippen LogP contribution in [0.2, 0.25) is 0 Å². The molecule has 1 aliphatic rings. The Hall–Kier alpha value is -1.06. The van der Waals surface area contributed by atoms with E-state index >= 15 is 0 Å². The summed E-state index contributed by atoms with van der Waals surface area (Å²) < 4.78 is 5.33. The van der Waals surface area contributed by atoms with Gasteiger partial charge in [0.25, 0.3) is 0 Å². The molecule has 112 valence electrons. The van der Waals surface area contributed by atoms with Gasteiger partial charge in [0.1, 0.15) is 5.75 Å². The monoisotopic (exact) mass is 276 g/mol. The van der Waals surface area contributed by atoms with Gasteiger partial charge in [-0.25, -0.2) is 0 Å². The number of benzene rings is 1. The van der Waals surface area contributed by atoms with E-state index in [0.717, 1.165) is 31.2 Å². The molecule has 20 heavy (non-hydrogen) atoms. The van der Waals surface area contributed by atoms with E-state index in [1.807, 2.05) is 0 Å². The van der Waals surface area contributed by atoms with Gasteiger partial charge in [-0.05, 0) is 68.6 Å². The van der Waals surface area contributed by atoms with E-state index in [0.29, 0.717) is 0 Å². The Morgan fingerprint density at radius 3 is 2.90 bits per heavy atom. The third kappa shape index (κ3) is 3.97. The van der Waals surface area contributed by atoms with Crippen molar-refractivity contribution in [2.24, 2.45) is 5.92 Å². The zero-order valence-electron chi connectivity index (χ0n) is 13.1. The van der Waals surface area contributed by atoms with Crippen molar-refractivity contribution in [3.8, 4) is 5.75 Å². The van der Waals surface area contributed by atoms with E-state index in [4.69, 9.17) is 4.74 Å². The lowest BCUT2D eigenvalue weighted by Gasteiger charge is -2.33. The van der Waals surface area contributed by atoms with Gasteiger partial charge in [-0.2, -0.15) is 0 Å². The summed E-state index contributed by atoms with van der Waals surface area (Å²) in [4.78, 5) is 2.60. The van der Waals surface area contributed by atoms with Crippen LogP contribution in [0.4, 0.5) is 0 Å². The van der Waals surface area contributed by atoms with Crippen LogP contribution in [0.3, 0.4) is 0 Å². The molecule has 1 aromatic rings. The molecule has 2 rings (SSSR count). The van der Waals surface area contributed by atoms with Crippen molar-refractivity contribution in [3.05, 3.63) is 29.3 Å². The summed E-state index contributed by atoms with van der Waals surface area (Å²) in [6.45, 7) is 6.89. The van der Waals surface area contributed by atoms with Crippen molar-refractivity contribution in [2.45, 2.75) is 32.7 Å². The van der Waals surface area contributed by atoms with Crippen molar-refractivity contribution >= 4 is 0 Å². The lowest BCUT2D eigenvalue weighted by Crippen LogP contribution is -2.38. The molecule has 0 spiro atoms. The van der Waals surface area contributed by atoms with Gasteiger partial charge in [-0.1, -0.05) is 13.0 Å². The first-order valence-electron chi connectivity index (χ1n) is 7.79. The molecule has 0 aliphatic carbocycles. The number of likely N-dealkylation sites (tertiary alicyclic amines) is 1. The highest BCUT2D eigenvalue weighted by Gasteiger charge is 2.19. The maximum absolute atomic E-state index is 5.33. The summed E-state index contributed by atoms with van der Waals surface area (Å²) in [5.41, 5.74) is 2.87. The van der Waals surface area contributed by atoms with Crippen LogP contribution < -0.4 is 10.1 Å². The Kier molecular flexibility index (Phi) is 5.86. The number of methoxy groups -OCH3 is 1. The maximum atomic E-state index is 5.33. The molecule has 1 fully saturated rings. The fraction of sp³-hybridized carbons (Fsp3) is 0.647. The molecule has 1 aromatic carbocycles. The molecule has 1 heterocycles. The van der Waals surface area contributed by atoms with Crippen LogP contribution in [-0.2, 0) is 13.0 Å². The SMILES string of the molecule is CCc1cc(OC)ccc1CN1CCCC(CNC)C1. The molecule has 0 aromatic heterocycles. The Morgan fingerprint density at radius 1 is 1.35 bits per heavy atom. The fourth-order valence-electron chi connectivity index (χ4n) is 3.20. The van der Waals surface area contributed by atoms with Gasteiger partial charge in [0.15, 0.2) is 0 Å². The van der Waals surface area contributed by atoms with Crippen LogP contribution in [0.25, 0.3) is 0 Å². The third-order valence-electron chi connectivity index (χ3n) is 4.28. The largest absolute Gasteiger partial charge is 0.497 e. The van der Waals surface area contributed by atoms with Crippen molar-refractivity contribution in [2.75, 3.05) is 33.8 Å². The van der Waals surface area contributed by atoms with Gasteiger partial charge in [0.2, 0.25) is 0 Å². The van der Waals surface area contributed by atoms with E-state index in [-0.39, 0.29) is 0 Å². The number of nitrogens with zero attached hydrogens (tertiary/aromatic N) is 1. The van der Waals surface area contributed by atoms with Gasteiger partial charge >= 0.3 is 0 Å². The number of aryl methyl sites for hydroxylation is 1. The topological polar surface area (TPSA) is 24.5 Å². The number of hydrogen-bond donors (Lipinski definition) is 1. The standard InChI is InChI=1S/C17H28N2O/c1-4-15-10-17(20-3)8-7-16(15)13-19-9-5-6-14(12-19)11-18-2/h7-8,10,14,18H,4-6,9,11-13H2,1-3H3. The van der Waals surface area contributed by atoms with Gasteiger partial charge in [-0.15, -0.1) is 0 Å². The van der Waals surface area contributed by atoms with Gasteiger partial charge < -0.3 is 10.1 Å². The summed E-state index contributed by atoms with van der Waals surface area (Å²) in [5.74, 6) is 1.77. The summed E-state index contributed by atoms with van der Waals surface area (Å²) in [6, 6.07) is 6.51. The van der Waals surface area contributed by atoms with E-state index in [1.165, 1.54) is 37.1 Å². The van der Waals surface area contributed by atoms with Crippen LogP contribution in [0.5, 0.6) is 5.75 Å². The average molecular weight is 276 g/mol. The zero-order valence-corrected chi connectivity index (χ0v) is 13.1. The molecule has 0 bridgehead atoms. The third-order valence-corrected chi connectivity index (χ3v) is 4.28. The minimum absolute atomic E-state index is 0.803. The Labute approximate surface area is 123 Å². The number of ether oxygens (including phenoxy) is 1. The van der Waals surface area contributed by atoms with Crippen LogP contribution in [0.15, 0.2) is 18.2 Å². The number of nitrogens with one attached hydrogen (secondary N) is 1. The first-order chi connectivity index (χ1) is 9.76. The van der Waals surface area contributed by atoms with E-state index in [2.05, 4.69) is 42.4 Å². The molecule has 3 nitrogen and oxygen atoms in total. The molecule has 0 saturated carbocycles. The molecule has 1 unspecified atom stereocenters. The molecule has 1 atom stereocenters. The lowest BCUT2D eigenvalue weighted by atomic mass is 9.96. The predicted molar refractivity (Wildman–Crippen MR) is 84.3 cm³/mol. The first kappa shape index (κ1) is 15.3. The Balaban J connectivity index is 2.01. The fourth-order valence-corrected chi connectivity index (χ4v) is 3.20. The quantitative estimate of drug-likeness (QED) is 0.864. The Bertz CT molecular complexity index is 417. The zero-order chi connectivity index (χ0) is 14.4. The molecule has 1 saturated heterocycles. The normalized spacial score (nSPS) is 20.1. The van der Waals surface area contributed by atoms with E-state index in [9.17, 15) is 0 Å². The van der Waals surface area contributed by atoms with Crippen LogP contribution in [0.1, 0.15) is 30.9 Å². The highest BCUT2D eigenvalue weighted by Crippen LogP contribution is 2.22. The van der Waals surface area contributed by atoms with Crippen molar-refractivity contribution in [3.63, 3.8) is 0 Å². The van der Waals surface area contributed by atoms with Crippen LogP contribution >= 0.6 is 0 Å². The predicted octanol–water partition coefficient (Wildman–Crippen LogP) is 2.69. The second-order valence-electron chi connectivity index (χ2n) is 5.79.